The van der Waals surface area contributed by atoms with E-state index in [1.165, 1.54) is 0 Å². The van der Waals surface area contributed by atoms with Crippen LogP contribution in [0.1, 0.15) is 96.8 Å². The first-order valence-corrected chi connectivity index (χ1v) is 24.0. The summed E-state index contributed by atoms with van der Waals surface area (Å²) in [6, 6.07) is 18.1. The average molecular weight is 838 g/mol. The molecule has 0 atom stereocenters. The van der Waals surface area contributed by atoms with Crippen molar-refractivity contribution in [3.05, 3.63) is 109 Å². The van der Waals surface area contributed by atoms with Crippen LogP contribution in [0.4, 0.5) is 5.69 Å². The van der Waals surface area contributed by atoms with Gasteiger partial charge in [0.15, 0.2) is 12.3 Å². The van der Waals surface area contributed by atoms with Crippen molar-refractivity contribution in [2.24, 2.45) is 0 Å². The van der Waals surface area contributed by atoms with E-state index in [0.29, 0.717) is 33.9 Å². The van der Waals surface area contributed by atoms with Gasteiger partial charge in [-0.25, -0.2) is 0 Å². The molecule has 0 bridgehead atoms. The number of aryl methyl sites for hydroxylation is 1. The van der Waals surface area contributed by atoms with Gasteiger partial charge in [-0.15, -0.1) is 0 Å². The number of oxazole rings is 1. The van der Waals surface area contributed by atoms with Crippen molar-refractivity contribution in [3.8, 4) is 5.75 Å². The Bertz CT molecular complexity index is 2680. The molecule has 0 radical (unpaired) electrons. The fourth-order valence-corrected chi connectivity index (χ4v) is 11.3. The summed E-state index contributed by atoms with van der Waals surface area (Å²) in [5.74, 6) is 1.95. The van der Waals surface area contributed by atoms with Crippen LogP contribution in [0.5, 0.6) is 5.75 Å². The van der Waals surface area contributed by atoms with Gasteiger partial charge in [-0.3, -0.25) is 8.37 Å². The van der Waals surface area contributed by atoms with Crippen molar-refractivity contribution in [1.29, 1.82) is 0 Å². The Morgan fingerprint density at radius 1 is 0.678 bits per heavy atom. The maximum absolute atomic E-state index is 13.5. The van der Waals surface area contributed by atoms with E-state index in [2.05, 4.69) is 23.3 Å². The van der Waals surface area contributed by atoms with Crippen LogP contribution in [0.25, 0.3) is 38.7 Å². The van der Waals surface area contributed by atoms with Crippen molar-refractivity contribution in [2.45, 2.75) is 119 Å². The zero-order chi connectivity index (χ0) is 41.0. The van der Waals surface area contributed by atoms with Crippen molar-refractivity contribution < 1.29 is 38.9 Å². The van der Waals surface area contributed by atoms with Gasteiger partial charge in [0.05, 0.1) is 24.0 Å². The van der Waals surface area contributed by atoms with Crippen LogP contribution in [0.15, 0.2) is 117 Å². The first kappa shape index (κ1) is 41.0. The molecule has 5 aromatic rings. The van der Waals surface area contributed by atoms with Gasteiger partial charge in [-0.1, -0.05) is 113 Å². The highest BCUT2D eigenvalue weighted by Gasteiger charge is 2.31. The molecule has 59 heavy (non-hydrogen) atoms. The van der Waals surface area contributed by atoms with Crippen molar-refractivity contribution in [1.82, 2.24) is 0 Å². The Morgan fingerprint density at radius 2 is 1.27 bits per heavy atom. The standard InChI is InChI=1S/C47H53N2O8S2/c1-3-32-48-40-30-28-36-38(22-16-24-42(36)58(50,51)56-34-18-10-8-11-19-34)46(40)54-44(48)26-14-6-5-7-15-27-45-49(33-4-2)41-31-29-37-39(47(41)55-45)23-17-25-43(37)59(52,53)57-35-20-12-9-13-21-35/h5-7,14-17,22-31,34-35H,3-4,8-13,18-21,32-33H2,1-2H3/q+1. The molecule has 1 aliphatic heterocycles. The third-order valence-electron chi connectivity index (χ3n) is 11.4. The zero-order valence-electron chi connectivity index (χ0n) is 33.8. The molecular weight excluding hydrogens is 785 g/mol. The summed E-state index contributed by atoms with van der Waals surface area (Å²) in [7, 11) is -7.91. The van der Waals surface area contributed by atoms with Crippen LogP contribution in [-0.2, 0) is 35.1 Å². The highest BCUT2D eigenvalue weighted by molar-refractivity contribution is 7.87. The van der Waals surface area contributed by atoms with E-state index in [1.54, 1.807) is 24.3 Å². The third kappa shape index (κ3) is 8.64. The molecule has 2 fully saturated rings. The van der Waals surface area contributed by atoms with Gasteiger partial charge in [-0.2, -0.15) is 21.4 Å². The predicted octanol–water partition coefficient (Wildman–Crippen LogP) is 10.8. The Hall–Kier alpha value is -4.75. The molecule has 0 N–H and O–H groups in total. The smallest absolute Gasteiger partial charge is 0.374 e. The van der Waals surface area contributed by atoms with E-state index in [1.807, 2.05) is 78.9 Å². The lowest BCUT2D eigenvalue weighted by Crippen LogP contribution is -2.34. The average Bonchev–Trinajstić information content (AvgIpc) is 3.78. The molecule has 0 amide bonds. The highest BCUT2D eigenvalue weighted by atomic mass is 32.2. The number of hydrogen-bond donors (Lipinski definition) is 0. The first-order valence-electron chi connectivity index (χ1n) is 21.2. The molecule has 2 aliphatic carbocycles. The number of allylic oxidation sites excluding steroid dienone is 6. The summed E-state index contributed by atoms with van der Waals surface area (Å²) in [6.07, 6.45) is 23.8. The SMILES string of the molecule is CCCN1C(=CC=CC=CC=Cc2oc3c4cccc(S(=O)(=O)OC5CCCCC5)c4ccc3[n+]2CCC)Oc2c1ccc1c(S(=O)(=O)OC3CCCCC3)cccc21. The topological polar surface area (TPSA) is 116 Å². The lowest BCUT2D eigenvalue weighted by atomic mass is 9.98. The summed E-state index contributed by atoms with van der Waals surface area (Å²) >= 11 is 0. The maximum atomic E-state index is 13.5. The van der Waals surface area contributed by atoms with E-state index >= 15 is 0 Å². The van der Waals surface area contributed by atoms with Crippen LogP contribution in [-0.4, -0.2) is 35.6 Å². The summed E-state index contributed by atoms with van der Waals surface area (Å²) in [4.78, 5) is 2.45. The van der Waals surface area contributed by atoms with Crippen molar-refractivity contribution in [2.75, 3.05) is 11.4 Å². The van der Waals surface area contributed by atoms with E-state index in [0.717, 1.165) is 112 Å². The number of anilines is 1. The molecule has 2 heterocycles. The van der Waals surface area contributed by atoms with Crippen LogP contribution in [0.3, 0.4) is 0 Å². The van der Waals surface area contributed by atoms with Gasteiger partial charge in [0.1, 0.15) is 9.79 Å². The van der Waals surface area contributed by atoms with Gasteiger partial charge in [0.25, 0.3) is 25.8 Å². The van der Waals surface area contributed by atoms with Crippen molar-refractivity contribution in [3.63, 3.8) is 0 Å². The van der Waals surface area contributed by atoms with Gasteiger partial charge in [-0.05, 0) is 62.4 Å². The van der Waals surface area contributed by atoms with E-state index in [9.17, 15) is 16.8 Å². The Labute approximate surface area is 347 Å². The summed E-state index contributed by atoms with van der Waals surface area (Å²) in [5, 5.41) is 2.62. The largest absolute Gasteiger partial charge is 0.438 e. The number of fused-ring (bicyclic) bond motifs is 6. The number of rotatable bonds is 14. The lowest BCUT2D eigenvalue weighted by molar-refractivity contribution is -0.678. The normalized spacial score (nSPS) is 18.1. The Balaban J connectivity index is 1.000. The second-order valence-electron chi connectivity index (χ2n) is 15.6. The number of nitrogens with zero attached hydrogens (tertiary/aromatic N) is 2. The Morgan fingerprint density at radius 3 is 1.92 bits per heavy atom. The molecule has 0 spiro atoms. The first-order chi connectivity index (χ1) is 28.7. The monoisotopic (exact) mass is 837 g/mol. The quantitative estimate of drug-likeness (QED) is 0.0612. The maximum Gasteiger partial charge on any atom is 0.374 e. The van der Waals surface area contributed by atoms with Crippen molar-refractivity contribution >= 4 is 64.6 Å². The lowest BCUT2D eigenvalue weighted by Gasteiger charge is -2.22. The molecule has 3 aliphatic rings. The minimum Gasteiger partial charge on any atom is -0.438 e. The minimum absolute atomic E-state index is 0.167. The molecule has 2 saturated carbocycles. The number of hydrogen-bond acceptors (Lipinski definition) is 9. The van der Waals surface area contributed by atoms with Gasteiger partial charge in [0.2, 0.25) is 11.5 Å². The predicted molar refractivity (Wildman–Crippen MR) is 232 cm³/mol. The van der Waals surface area contributed by atoms with E-state index in [4.69, 9.17) is 17.5 Å². The second kappa shape index (κ2) is 17.8. The molecule has 10 nitrogen and oxygen atoms in total. The zero-order valence-corrected chi connectivity index (χ0v) is 35.5. The molecule has 310 valence electrons. The number of aromatic nitrogens is 1. The van der Waals surface area contributed by atoms with Crippen LogP contribution < -0.4 is 14.2 Å². The van der Waals surface area contributed by atoms with Gasteiger partial charge >= 0.3 is 5.89 Å². The number of ether oxygens (including phenoxy) is 1. The molecule has 0 saturated heterocycles. The third-order valence-corrected chi connectivity index (χ3v) is 14.3. The van der Waals surface area contributed by atoms with Crippen LogP contribution in [0, 0.1) is 0 Å². The van der Waals surface area contributed by atoms with Crippen LogP contribution in [0.2, 0.25) is 0 Å². The summed E-state index contributed by atoms with van der Waals surface area (Å²) in [6.45, 7) is 5.68. The van der Waals surface area contributed by atoms with E-state index in [-0.39, 0.29) is 22.0 Å². The van der Waals surface area contributed by atoms with Crippen LogP contribution >= 0.6 is 0 Å². The molecule has 4 aromatic carbocycles. The minimum atomic E-state index is -3.96. The van der Waals surface area contributed by atoms with Gasteiger partial charge in [0, 0.05) is 40.6 Å². The molecule has 1 aromatic heterocycles. The van der Waals surface area contributed by atoms with E-state index < -0.39 is 20.2 Å². The summed E-state index contributed by atoms with van der Waals surface area (Å²) < 4.78 is 80.4. The second-order valence-corrected chi connectivity index (χ2v) is 18.7. The fourth-order valence-electron chi connectivity index (χ4n) is 8.62. The highest BCUT2D eigenvalue weighted by Crippen LogP contribution is 2.46. The summed E-state index contributed by atoms with van der Waals surface area (Å²) in [5.41, 5.74) is 2.42. The van der Waals surface area contributed by atoms with Gasteiger partial charge < -0.3 is 14.1 Å². The molecular formula is C47H53N2O8S2+. The number of benzene rings is 4. The molecule has 8 rings (SSSR count). The molecule has 0 unspecified atom stereocenters. The molecule has 12 heteroatoms. The fraction of sp³-hybridized carbons (Fsp3) is 0.383. The Kier molecular flexibility index (Phi) is 12.4.